The van der Waals surface area contributed by atoms with Crippen LogP contribution in [0, 0.1) is 23.3 Å². The predicted octanol–water partition coefficient (Wildman–Crippen LogP) is 10.8. The molecule has 0 radical (unpaired) electrons. The zero-order valence-corrected chi connectivity index (χ0v) is 31.0. The van der Waals surface area contributed by atoms with Crippen LogP contribution in [0.5, 0.6) is 23.0 Å². The Balaban J connectivity index is 0.000000428. The number of benzene rings is 4. The molecule has 56 heavy (non-hydrogen) atoms. The minimum Gasteiger partial charge on any atom is -0.494 e. The van der Waals surface area contributed by atoms with Crippen LogP contribution in [0.25, 0.3) is 0 Å². The third-order valence-electron chi connectivity index (χ3n) is 6.27. The summed E-state index contributed by atoms with van der Waals surface area (Å²) in [6, 6.07) is 11.8. The zero-order valence-electron chi connectivity index (χ0n) is 29.5. The number of aliphatic hydroxyl groups is 1. The second-order valence-corrected chi connectivity index (χ2v) is 11.3. The van der Waals surface area contributed by atoms with Crippen molar-refractivity contribution in [1.29, 1.82) is 0 Å². The van der Waals surface area contributed by atoms with E-state index in [1.165, 1.54) is 38.5 Å². The molecular weight excluding hydrogens is 852 g/mol. The standard InChI is InChI=1S/C16H12F6O3.C8H4BrF5O.C8H7FO2.C4H10O/c1-24-13-6-8(2-3-12(13)18)14(23)9-4-10(17)7-11(5-9)25-16(21,22)15(19)20;9-4-1-5(10)3-6(2-4)15-8(13,14)7(11)12;1-11-8-4-6(5-10)2-3-7(8)9;1-3-5-4-2/h2-7,14-15,23H,1H3;1-3,7H;2-5H,1H3;3-4H2,1-2H3. The summed E-state index contributed by atoms with van der Waals surface area (Å²) < 4.78 is 173. The molecule has 20 heteroatoms. The van der Waals surface area contributed by atoms with Gasteiger partial charge in [-0.1, -0.05) is 22.0 Å². The van der Waals surface area contributed by atoms with Crippen LogP contribution in [-0.4, -0.2) is 63.9 Å². The topological polar surface area (TPSA) is 83.5 Å². The van der Waals surface area contributed by atoms with Gasteiger partial charge in [0.1, 0.15) is 35.5 Å². The number of aliphatic hydroxyl groups excluding tert-OH is 1. The maximum Gasteiger partial charge on any atom is 0.461 e. The Labute approximate surface area is 320 Å². The molecule has 0 saturated heterocycles. The summed E-state index contributed by atoms with van der Waals surface area (Å²) in [5, 5.41) is 10.2. The molecule has 0 fully saturated rings. The first kappa shape index (κ1) is 49.3. The van der Waals surface area contributed by atoms with Crippen LogP contribution in [0.3, 0.4) is 0 Å². The second kappa shape index (κ2) is 23.4. The van der Waals surface area contributed by atoms with Gasteiger partial charge in [-0.05, 0) is 79.6 Å². The van der Waals surface area contributed by atoms with Crippen molar-refractivity contribution in [2.24, 2.45) is 0 Å². The fourth-order valence-corrected chi connectivity index (χ4v) is 4.23. The molecule has 4 aromatic rings. The molecule has 0 aromatic heterocycles. The molecule has 1 N–H and O–H groups in total. The number of methoxy groups -OCH3 is 2. The smallest absolute Gasteiger partial charge is 0.461 e. The van der Waals surface area contributed by atoms with Crippen LogP contribution in [0.15, 0.2) is 77.3 Å². The van der Waals surface area contributed by atoms with Gasteiger partial charge in [-0.2, -0.15) is 35.1 Å². The van der Waals surface area contributed by atoms with Gasteiger partial charge >= 0.3 is 25.1 Å². The summed E-state index contributed by atoms with van der Waals surface area (Å²) in [6.07, 6.45) is -18.5. The van der Waals surface area contributed by atoms with Crippen molar-refractivity contribution in [3.05, 3.63) is 117 Å². The molecule has 7 nitrogen and oxygen atoms in total. The van der Waals surface area contributed by atoms with Crippen molar-refractivity contribution >= 4 is 22.2 Å². The Morgan fingerprint density at radius 3 is 1.55 bits per heavy atom. The van der Waals surface area contributed by atoms with Crippen LogP contribution in [0.4, 0.5) is 52.7 Å². The number of carbonyl (C=O) groups excluding carboxylic acids is 1. The highest BCUT2D eigenvalue weighted by atomic mass is 79.9. The van der Waals surface area contributed by atoms with E-state index in [2.05, 4.69) is 30.1 Å². The van der Waals surface area contributed by atoms with Crippen molar-refractivity contribution < 1.29 is 86.3 Å². The third-order valence-corrected chi connectivity index (χ3v) is 6.73. The number of halogens is 13. The minimum absolute atomic E-state index is 0.0652. The number of carbonyl (C=O) groups is 1. The Morgan fingerprint density at radius 2 is 1.12 bits per heavy atom. The number of rotatable bonds is 13. The summed E-state index contributed by atoms with van der Waals surface area (Å²) in [5.41, 5.74) is 0.215. The van der Waals surface area contributed by atoms with Gasteiger partial charge in [-0.15, -0.1) is 0 Å². The summed E-state index contributed by atoms with van der Waals surface area (Å²) in [5.74, 6) is -4.81. The highest BCUT2D eigenvalue weighted by molar-refractivity contribution is 9.10. The highest BCUT2D eigenvalue weighted by Crippen LogP contribution is 2.33. The third kappa shape index (κ3) is 16.6. The minimum atomic E-state index is -4.82. The Kier molecular flexibility index (Phi) is 20.6. The van der Waals surface area contributed by atoms with Crippen LogP contribution in [0.2, 0.25) is 0 Å². The van der Waals surface area contributed by atoms with E-state index in [9.17, 15) is 62.6 Å². The van der Waals surface area contributed by atoms with E-state index in [1.807, 2.05) is 13.8 Å². The van der Waals surface area contributed by atoms with E-state index in [4.69, 9.17) is 9.47 Å². The molecule has 0 aliphatic carbocycles. The number of hydrogen-bond donors (Lipinski definition) is 1. The van der Waals surface area contributed by atoms with E-state index in [1.54, 1.807) is 0 Å². The lowest BCUT2D eigenvalue weighted by molar-refractivity contribution is -0.253. The van der Waals surface area contributed by atoms with E-state index in [-0.39, 0.29) is 27.1 Å². The Hall–Kier alpha value is -4.69. The first-order valence-electron chi connectivity index (χ1n) is 15.5. The molecule has 4 rings (SSSR count). The van der Waals surface area contributed by atoms with Gasteiger partial charge in [0.15, 0.2) is 23.1 Å². The lowest BCUT2D eigenvalue weighted by Crippen LogP contribution is -2.33. The number of hydrogen-bond acceptors (Lipinski definition) is 7. The molecule has 1 atom stereocenters. The Morgan fingerprint density at radius 1 is 0.661 bits per heavy atom. The van der Waals surface area contributed by atoms with Crippen LogP contribution in [-0.2, 0) is 4.74 Å². The predicted molar refractivity (Wildman–Crippen MR) is 181 cm³/mol. The molecule has 0 spiro atoms. The number of aldehydes is 1. The molecule has 4 aromatic carbocycles. The summed E-state index contributed by atoms with van der Waals surface area (Å²) in [4.78, 5) is 10.2. The molecule has 0 aliphatic rings. The molecule has 0 saturated carbocycles. The summed E-state index contributed by atoms with van der Waals surface area (Å²) in [7, 11) is 2.54. The maximum atomic E-state index is 13.6. The molecule has 0 bridgehead atoms. The second-order valence-electron chi connectivity index (χ2n) is 10.3. The average molecular weight is 886 g/mol. The van der Waals surface area contributed by atoms with Crippen LogP contribution < -0.4 is 18.9 Å². The van der Waals surface area contributed by atoms with Gasteiger partial charge in [0.05, 0.1) is 14.2 Å². The van der Waals surface area contributed by atoms with E-state index >= 15 is 0 Å². The van der Waals surface area contributed by atoms with Crippen molar-refractivity contribution in [3.63, 3.8) is 0 Å². The van der Waals surface area contributed by atoms with Gasteiger partial charge in [-0.3, -0.25) is 4.79 Å². The normalized spacial score (nSPS) is 11.6. The molecule has 310 valence electrons. The average Bonchev–Trinajstić information content (AvgIpc) is 3.11. The molecular formula is C36H33BrF12O7. The fraction of sp³-hybridized carbons (Fsp3) is 0.306. The Bertz CT molecular complexity index is 1790. The maximum absolute atomic E-state index is 13.6. The quantitative estimate of drug-likeness (QED) is 0.106. The van der Waals surface area contributed by atoms with E-state index in [0.29, 0.717) is 24.0 Å². The van der Waals surface area contributed by atoms with Crippen LogP contribution in [0.1, 0.15) is 41.4 Å². The summed E-state index contributed by atoms with van der Waals surface area (Å²) >= 11 is 2.81. The van der Waals surface area contributed by atoms with Crippen LogP contribution >= 0.6 is 15.9 Å². The summed E-state index contributed by atoms with van der Waals surface area (Å²) in [6.45, 7) is 5.67. The molecule has 0 amide bonds. The lowest BCUT2D eigenvalue weighted by Gasteiger charge is -2.19. The highest BCUT2D eigenvalue weighted by Gasteiger charge is 2.45. The van der Waals surface area contributed by atoms with E-state index < -0.39 is 65.9 Å². The van der Waals surface area contributed by atoms with Crippen molar-refractivity contribution in [2.45, 2.75) is 45.0 Å². The lowest BCUT2D eigenvalue weighted by atomic mass is 10.0. The molecule has 1 unspecified atom stereocenters. The molecule has 0 aliphatic heterocycles. The SMILES string of the molecule is CCOCC.COc1cc(C(O)c2cc(F)cc(OC(F)(F)C(F)F)c2)ccc1F.COc1cc(C=O)ccc1F.Fc1cc(Br)cc(OC(F)(F)C(F)F)c1. The fourth-order valence-electron chi connectivity index (χ4n) is 3.78. The van der Waals surface area contributed by atoms with Crippen molar-refractivity contribution in [1.82, 2.24) is 0 Å². The van der Waals surface area contributed by atoms with Crippen molar-refractivity contribution in [2.75, 3.05) is 27.4 Å². The zero-order chi connectivity index (χ0) is 42.8. The van der Waals surface area contributed by atoms with Gasteiger partial charge < -0.3 is 28.8 Å². The first-order chi connectivity index (χ1) is 26.1. The van der Waals surface area contributed by atoms with Crippen molar-refractivity contribution in [3.8, 4) is 23.0 Å². The van der Waals surface area contributed by atoms with Gasteiger partial charge in [0.2, 0.25) is 0 Å². The monoisotopic (exact) mass is 884 g/mol. The van der Waals surface area contributed by atoms with Gasteiger partial charge in [-0.25, -0.2) is 17.6 Å². The van der Waals surface area contributed by atoms with E-state index in [0.717, 1.165) is 49.6 Å². The molecule has 0 heterocycles. The largest absolute Gasteiger partial charge is 0.494 e. The van der Waals surface area contributed by atoms with Gasteiger partial charge in [0.25, 0.3) is 0 Å². The number of alkyl halides is 8. The van der Waals surface area contributed by atoms with Gasteiger partial charge in [0, 0.05) is 35.4 Å². The first-order valence-corrected chi connectivity index (χ1v) is 16.3. The number of ether oxygens (including phenoxy) is 5.